The Morgan fingerprint density at radius 3 is 2.86 bits per heavy atom. The number of aromatic nitrogens is 2. The summed E-state index contributed by atoms with van der Waals surface area (Å²) in [7, 11) is 0. The second kappa shape index (κ2) is 5.65. The molecule has 0 spiro atoms. The van der Waals surface area contributed by atoms with Crippen molar-refractivity contribution in [2.75, 3.05) is 0 Å². The number of unbranched alkanes of at least 4 members (excludes halogenated alkanes) is 2. The first-order valence-corrected chi connectivity index (χ1v) is 4.96. The third-order valence-corrected chi connectivity index (χ3v) is 2.07. The summed E-state index contributed by atoms with van der Waals surface area (Å²) in [5.41, 5.74) is 0. The van der Waals surface area contributed by atoms with Gasteiger partial charge in [-0.05, 0) is 12.8 Å². The van der Waals surface area contributed by atoms with E-state index in [9.17, 15) is 4.79 Å². The van der Waals surface area contributed by atoms with E-state index in [2.05, 4.69) is 5.10 Å². The first kappa shape index (κ1) is 11.0. The molecule has 5 heteroatoms. The van der Waals surface area contributed by atoms with Crippen LogP contribution in [0.5, 0.6) is 0 Å². The first-order valence-electron chi connectivity index (χ1n) is 4.58. The molecule has 0 bridgehead atoms. The lowest BCUT2D eigenvalue weighted by Crippen LogP contribution is -1.99. The molecule has 0 atom stereocenters. The average molecular weight is 217 g/mol. The van der Waals surface area contributed by atoms with Gasteiger partial charge in [0, 0.05) is 19.2 Å². The van der Waals surface area contributed by atoms with E-state index < -0.39 is 5.97 Å². The largest absolute Gasteiger partial charge is 0.481 e. The third-order valence-electron chi connectivity index (χ3n) is 1.88. The number of aliphatic carboxylic acids is 1. The molecule has 0 unspecified atom stereocenters. The van der Waals surface area contributed by atoms with Crippen molar-refractivity contribution >= 4 is 17.6 Å². The topological polar surface area (TPSA) is 55.1 Å². The second-order valence-corrected chi connectivity index (χ2v) is 3.56. The van der Waals surface area contributed by atoms with Crippen LogP contribution in [0.2, 0.25) is 5.02 Å². The minimum absolute atomic E-state index is 0.250. The van der Waals surface area contributed by atoms with Crippen LogP contribution >= 0.6 is 11.6 Å². The summed E-state index contributed by atoms with van der Waals surface area (Å²) in [6.45, 7) is 0.798. The Morgan fingerprint density at radius 2 is 2.29 bits per heavy atom. The summed E-state index contributed by atoms with van der Waals surface area (Å²) in [5, 5.41) is 13.0. The van der Waals surface area contributed by atoms with Crippen LogP contribution in [0.25, 0.3) is 0 Å². The van der Waals surface area contributed by atoms with Crippen LogP contribution in [-0.2, 0) is 11.3 Å². The molecule has 1 aromatic heterocycles. The molecule has 0 saturated carbocycles. The Morgan fingerprint density at radius 1 is 1.50 bits per heavy atom. The predicted octanol–water partition coefficient (Wildman–Crippen LogP) is 2.18. The van der Waals surface area contributed by atoms with Gasteiger partial charge in [-0.1, -0.05) is 18.0 Å². The summed E-state index contributed by atoms with van der Waals surface area (Å²) in [6.07, 6.45) is 6.18. The Balaban J connectivity index is 2.07. The summed E-state index contributed by atoms with van der Waals surface area (Å²) < 4.78 is 1.77. The van der Waals surface area contributed by atoms with Crippen LogP contribution in [0, 0.1) is 0 Å². The zero-order chi connectivity index (χ0) is 10.4. The first-order chi connectivity index (χ1) is 6.68. The van der Waals surface area contributed by atoms with E-state index in [4.69, 9.17) is 16.7 Å². The van der Waals surface area contributed by atoms with E-state index in [-0.39, 0.29) is 6.42 Å². The Hall–Kier alpha value is -1.03. The number of halogens is 1. The fourth-order valence-corrected chi connectivity index (χ4v) is 1.34. The van der Waals surface area contributed by atoms with Gasteiger partial charge in [0.2, 0.25) is 0 Å². The minimum atomic E-state index is -0.730. The fraction of sp³-hybridized carbons (Fsp3) is 0.556. The molecule has 0 amide bonds. The van der Waals surface area contributed by atoms with Crippen molar-refractivity contribution in [2.24, 2.45) is 0 Å². The van der Waals surface area contributed by atoms with Gasteiger partial charge in [0.15, 0.2) is 0 Å². The van der Waals surface area contributed by atoms with Crippen LogP contribution in [0.3, 0.4) is 0 Å². The Bertz CT molecular complexity index is 299. The molecule has 0 aliphatic carbocycles. The molecule has 14 heavy (non-hydrogen) atoms. The maximum Gasteiger partial charge on any atom is 0.303 e. The molecule has 1 N–H and O–H groups in total. The van der Waals surface area contributed by atoms with Gasteiger partial charge in [0.05, 0.1) is 11.2 Å². The standard InChI is InChI=1S/C9H13ClN2O2/c10-8-6-11-12(7-8)5-3-1-2-4-9(13)14/h6-7H,1-5H2,(H,13,14). The number of carbonyl (C=O) groups is 1. The lowest BCUT2D eigenvalue weighted by molar-refractivity contribution is -0.137. The van der Waals surface area contributed by atoms with Crippen molar-refractivity contribution in [3.05, 3.63) is 17.4 Å². The normalized spacial score (nSPS) is 10.4. The van der Waals surface area contributed by atoms with Crippen molar-refractivity contribution < 1.29 is 9.90 Å². The molecule has 1 heterocycles. The summed E-state index contributed by atoms with van der Waals surface area (Å²) >= 11 is 5.68. The second-order valence-electron chi connectivity index (χ2n) is 3.13. The summed E-state index contributed by atoms with van der Waals surface area (Å²) in [5.74, 6) is -0.730. The number of aryl methyl sites for hydroxylation is 1. The number of nitrogens with zero attached hydrogens (tertiary/aromatic N) is 2. The number of carboxylic acids is 1. The maximum atomic E-state index is 10.2. The van der Waals surface area contributed by atoms with Gasteiger partial charge in [-0.3, -0.25) is 9.48 Å². The molecular weight excluding hydrogens is 204 g/mol. The van der Waals surface area contributed by atoms with Crippen LogP contribution in [0.15, 0.2) is 12.4 Å². The smallest absolute Gasteiger partial charge is 0.303 e. The van der Waals surface area contributed by atoms with Gasteiger partial charge in [-0.15, -0.1) is 0 Å². The van der Waals surface area contributed by atoms with Gasteiger partial charge < -0.3 is 5.11 Å². The molecule has 4 nitrogen and oxygen atoms in total. The zero-order valence-corrected chi connectivity index (χ0v) is 8.57. The van der Waals surface area contributed by atoms with Crippen molar-refractivity contribution in [1.29, 1.82) is 0 Å². The quantitative estimate of drug-likeness (QED) is 0.742. The molecule has 0 radical (unpaired) electrons. The number of hydrogen-bond donors (Lipinski definition) is 1. The van der Waals surface area contributed by atoms with Crippen LogP contribution in [-0.4, -0.2) is 20.9 Å². The molecule has 78 valence electrons. The maximum absolute atomic E-state index is 10.2. The van der Waals surface area contributed by atoms with Crippen LogP contribution < -0.4 is 0 Å². The highest BCUT2D eigenvalue weighted by Gasteiger charge is 1.98. The van der Waals surface area contributed by atoms with E-state index in [0.29, 0.717) is 5.02 Å². The SMILES string of the molecule is O=C(O)CCCCCn1cc(Cl)cn1. The average Bonchev–Trinajstić information content (AvgIpc) is 2.50. The number of hydrogen-bond acceptors (Lipinski definition) is 2. The lowest BCUT2D eigenvalue weighted by Gasteiger charge is -1.99. The predicted molar refractivity (Wildman–Crippen MR) is 53.3 cm³/mol. The highest BCUT2D eigenvalue weighted by Crippen LogP contribution is 2.07. The van der Waals surface area contributed by atoms with E-state index in [1.807, 2.05) is 0 Å². The van der Waals surface area contributed by atoms with Crippen molar-refractivity contribution in [3.8, 4) is 0 Å². The Labute approximate surface area is 87.5 Å². The third kappa shape index (κ3) is 4.28. The van der Waals surface area contributed by atoms with E-state index in [0.717, 1.165) is 25.8 Å². The monoisotopic (exact) mass is 216 g/mol. The van der Waals surface area contributed by atoms with Gasteiger partial charge in [-0.2, -0.15) is 5.10 Å². The van der Waals surface area contributed by atoms with Gasteiger partial charge in [0.1, 0.15) is 0 Å². The van der Waals surface area contributed by atoms with Crippen molar-refractivity contribution in [3.63, 3.8) is 0 Å². The zero-order valence-electron chi connectivity index (χ0n) is 7.82. The molecule has 0 aliphatic rings. The highest BCUT2D eigenvalue weighted by atomic mass is 35.5. The minimum Gasteiger partial charge on any atom is -0.481 e. The van der Waals surface area contributed by atoms with E-state index in [1.165, 1.54) is 0 Å². The van der Waals surface area contributed by atoms with Crippen molar-refractivity contribution in [2.45, 2.75) is 32.2 Å². The molecule has 0 aromatic carbocycles. The Kier molecular flexibility index (Phi) is 4.46. The number of carboxylic acid groups (broad SMARTS) is 1. The van der Waals surface area contributed by atoms with Gasteiger partial charge >= 0.3 is 5.97 Å². The molecule has 0 aliphatic heterocycles. The molecule has 0 saturated heterocycles. The van der Waals surface area contributed by atoms with E-state index >= 15 is 0 Å². The summed E-state index contributed by atoms with van der Waals surface area (Å²) in [4.78, 5) is 10.2. The molecule has 1 aromatic rings. The molecule has 0 fully saturated rings. The molecular formula is C9H13ClN2O2. The fourth-order valence-electron chi connectivity index (χ4n) is 1.19. The lowest BCUT2D eigenvalue weighted by atomic mass is 10.2. The van der Waals surface area contributed by atoms with Gasteiger partial charge in [-0.25, -0.2) is 0 Å². The van der Waals surface area contributed by atoms with Gasteiger partial charge in [0.25, 0.3) is 0 Å². The summed E-state index contributed by atoms with van der Waals surface area (Å²) in [6, 6.07) is 0. The number of rotatable bonds is 6. The molecule has 1 rings (SSSR count). The van der Waals surface area contributed by atoms with E-state index in [1.54, 1.807) is 17.1 Å². The van der Waals surface area contributed by atoms with Crippen molar-refractivity contribution in [1.82, 2.24) is 9.78 Å². The van der Waals surface area contributed by atoms with Crippen LogP contribution in [0.4, 0.5) is 0 Å². The van der Waals surface area contributed by atoms with Crippen LogP contribution in [0.1, 0.15) is 25.7 Å². The highest BCUT2D eigenvalue weighted by molar-refractivity contribution is 6.30.